The highest BCUT2D eigenvalue weighted by molar-refractivity contribution is 5.84. The Morgan fingerprint density at radius 1 is 1.47 bits per heavy atom. The van der Waals surface area contributed by atoms with E-state index in [1.807, 2.05) is 12.1 Å². The van der Waals surface area contributed by atoms with Crippen LogP contribution in [0.15, 0.2) is 30.5 Å². The van der Waals surface area contributed by atoms with E-state index in [1.165, 1.54) is 10.9 Å². The van der Waals surface area contributed by atoms with E-state index in [0.717, 1.165) is 11.9 Å². The van der Waals surface area contributed by atoms with E-state index >= 15 is 0 Å². The molecule has 1 aromatic heterocycles. The molecule has 0 saturated heterocycles. The van der Waals surface area contributed by atoms with Gasteiger partial charge in [-0.15, -0.1) is 0 Å². The first kappa shape index (κ1) is 8.55. The molecule has 2 heteroatoms. The van der Waals surface area contributed by atoms with E-state index in [2.05, 4.69) is 36.3 Å². The van der Waals surface area contributed by atoms with Crippen LogP contribution in [-0.2, 0) is 5.41 Å². The summed E-state index contributed by atoms with van der Waals surface area (Å²) in [4.78, 5) is 3.27. The second-order valence-electron chi connectivity index (χ2n) is 4.55. The van der Waals surface area contributed by atoms with E-state index in [4.69, 9.17) is 5.26 Å². The standard InChI is InChI=1S/C13H12N2/c1-13(6-9(13)7-14)11-8-15-12-5-3-2-4-10(11)12/h2-5,8-9,15H,6H2,1H3. The molecule has 2 nitrogen and oxygen atoms in total. The predicted octanol–water partition coefficient (Wildman–Crippen LogP) is 2.97. The molecular formula is C13H12N2. The van der Waals surface area contributed by atoms with Gasteiger partial charge in [-0.1, -0.05) is 25.1 Å². The van der Waals surface area contributed by atoms with Gasteiger partial charge in [-0.3, -0.25) is 0 Å². The van der Waals surface area contributed by atoms with E-state index in [9.17, 15) is 0 Å². The van der Waals surface area contributed by atoms with Gasteiger partial charge in [0, 0.05) is 22.5 Å². The van der Waals surface area contributed by atoms with Crippen molar-refractivity contribution in [2.75, 3.05) is 0 Å². The number of aromatic nitrogens is 1. The number of nitrogens with one attached hydrogen (secondary N) is 1. The fraction of sp³-hybridized carbons (Fsp3) is 0.308. The normalized spacial score (nSPS) is 28.9. The molecule has 0 radical (unpaired) electrons. The van der Waals surface area contributed by atoms with Crippen molar-refractivity contribution in [3.63, 3.8) is 0 Å². The molecule has 15 heavy (non-hydrogen) atoms. The molecule has 0 amide bonds. The smallest absolute Gasteiger partial charge is 0.0665 e. The average Bonchev–Trinajstić information content (AvgIpc) is 2.76. The number of nitrogens with zero attached hydrogens (tertiary/aromatic N) is 1. The monoisotopic (exact) mass is 196 g/mol. The first-order valence-electron chi connectivity index (χ1n) is 5.22. The Labute approximate surface area is 88.5 Å². The Bertz CT molecular complexity index is 561. The third-order valence-corrected chi connectivity index (χ3v) is 3.60. The number of benzene rings is 1. The summed E-state index contributed by atoms with van der Waals surface area (Å²) < 4.78 is 0. The lowest BCUT2D eigenvalue weighted by molar-refractivity contribution is 0.749. The van der Waals surface area contributed by atoms with Crippen molar-refractivity contribution in [1.29, 1.82) is 5.26 Å². The molecule has 0 spiro atoms. The van der Waals surface area contributed by atoms with Gasteiger partial charge < -0.3 is 4.98 Å². The first-order chi connectivity index (χ1) is 7.25. The van der Waals surface area contributed by atoms with Crippen LogP contribution in [0.3, 0.4) is 0 Å². The van der Waals surface area contributed by atoms with Gasteiger partial charge in [0.25, 0.3) is 0 Å². The molecular weight excluding hydrogens is 184 g/mol. The lowest BCUT2D eigenvalue weighted by Gasteiger charge is -2.06. The highest BCUT2D eigenvalue weighted by Gasteiger charge is 2.52. The van der Waals surface area contributed by atoms with Crippen LogP contribution < -0.4 is 0 Å². The maximum atomic E-state index is 8.95. The summed E-state index contributed by atoms with van der Waals surface area (Å²) in [7, 11) is 0. The number of aromatic amines is 1. The Balaban J connectivity index is 2.18. The van der Waals surface area contributed by atoms with Crippen LogP contribution in [0.2, 0.25) is 0 Å². The summed E-state index contributed by atoms with van der Waals surface area (Å²) in [5.41, 5.74) is 2.54. The minimum Gasteiger partial charge on any atom is -0.361 e. The van der Waals surface area contributed by atoms with E-state index in [0.29, 0.717) is 0 Å². The number of hydrogen-bond donors (Lipinski definition) is 1. The van der Waals surface area contributed by atoms with Crippen molar-refractivity contribution in [3.05, 3.63) is 36.0 Å². The third-order valence-electron chi connectivity index (χ3n) is 3.60. The van der Waals surface area contributed by atoms with Gasteiger partial charge in [-0.2, -0.15) is 5.26 Å². The Morgan fingerprint density at radius 3 is 3.00 bits per heavy atom. The fourth-order valence-corrected chi connectivity index (χ4v) is 2.39. The van der Waals surface area contributed by atoms with Gasteiger partial charge >= 0.3 is 0 Å². The van der Waals surface area contributed by atoms with Gasteiger partial charge in [-0.05, 0) is 18.1 Å². The molecule has 1 saturated carbocycles. The summed E-state index contributed by atoms with van der Waals surface area (Å²) in [6.07, 6.45) is 3.05. The first-order valence-corrected chi connectivity index (χ1v) is 5.22. The van der Waals surface area contributed by atoms with E-state index < -0.39 is 0 Å². The summed E-state index contributed by atoms with van der Waals surface area (Å²) in [5.74, 6) is 0.191. The number of para-hydroxylation sites is 1. The molecule has 1 fully saturated rings. The van der Waals surface area contributed by atoms with Crippen LogP contribution in [0.1, 0.15) is 18.9 Å². The fourth-order valence-electron chi connectivity index (χ4n) is 2.39. The molecule has 1 aliphatic carbocycles. The zero-order chi connectivity index (χ0) is 10.5. The van der Waals surface area contributed by atoms with Crippen molar-refractivity contribution in [1.82, 2.24) is 4.98 Å². The lowest BCUT2D eigenvalue weighted by Crippen LogP contribution is -2.02. The summed E-state index contributed by atoms with van der Waals surface area (Å²) in [6.45, 7) is 2.18. The van der Waals surface area contributed by atoms with Crippen molar-refractivity contribution < 1.29 is 0 Å². The SMILES string of the molecule is CC1(c2c[nH]c3ccccc23)CC1C#N. The molecule has 1 aromatic carbocycles. The minimum atomic E-state index is 0.0777. The molecule has 1 heterocycles. The quantitative estimate of drug-likeness (QED) is 0.748. The van der Waals surface area contributed by atoms with Crippen LogP contribution in [0.25, 0.3) is 10.9 Å². The molecule has 1 aliphatic rings. The molecule has 2 unspecified atom stereocenters. The Hall–Kier alpha value is -1.75. The Morgan fingerprint density at radius 2 is 2.27 bits per heavy atom. The number of H-pyrrole nitrogens is 1. The zero-order valence-corrected chi connectivity index (χ0v) is 8.62. The Kier molecular flexibility index (Phi) is 1.50. The molecule has 2 atom stereocenters. The van der Waals surface area contributed by atoms with E-state index in [1.54, 1.807) is 0 Å². The molecule has 2 aromatic rings. The van der Waals surface area contributed by atoms with Gasteiger partial charge in [0.1, 0.15) is 0 Å². The maximum absolute atomic E-state index is 8.95. The highest BCUT2D eigenvalue weighted by Crippen LogP contribution is 2.55. The van der Waals surface area contributed by atoms with Crippen molar-refractivity contribution >= 4 is 10.9 Å². The van der Waals surface area contributed by atoms with Crippen LogP contribution in [-0.4, -0.2) is 4.98 Å². The summed E-state index contributed by atoms with van der Waals surface area (Å²) in [6, 6.07) is 10.6. The van der Waals surface area contributed by atoms with Crippen LogP contribution in [0.5, 0.6) is 0 Å². The minimum absolute atomic E-state index is 0.0777. The molecule has 3 rings (SSSR count). The largest absolute Gasteiger partial charge is 0.361 e. The van der Waals surface area contributed by atoms with Crippen LogP contribution in [0.4, 0.5) is 0 Å². The number of nitriles is 1. The molecule has 1 N–H and O–H groups in total. The number of fused-ring (bicyclic) bond motifs is 1. The predicted molar refractivity (Wildman–Crippen MR) is 59.4 cm³/mol. The van der Waals surface area contributed by atoms with Gasteiger partial charge in [0.15, 0.2) is 0 Å². The van der Waals surface area contributed by atoms with Crippen LogP contribution >= 0.6 is 0 Å². The van der Waals surface area contributed by atoms with E-state index in [-0.39, 0.29) is 11.3 Å². The van der Waals surface area contributed by atoms with Gasteiger partial charge in [0.05, 0.1) is 12.0 Å². The van der Waals surface area contributed by atoms with Crippen molar-refractivity contribution in [2.24, 2.45) is 5.92 Å². The lowest BCUT2D eigenvalue weighted by atomic mass is 9.95. The topological polar surface area (TPSA) is 39.6 Å². The third kappa shape index (κ3) is 1.04. The molecule has 74 valence electrons. The van der Waals surface area contributed by atoms with Crippen LogP contribution in [0, 0.1) is 17.2 Å². The zero-order valence-electron chi connectivity index (χ0n) is 8.62. The van der Waals surface area contributed by atoms with Gasteiger partial charge in [0.2, 0.25) is 0 Å². The second kappa shape index (κ2) is 2.64. The van der Waals surface area contributed by atoms with Crippen molar-refractivity contribution in [2.45, 2.75) is 18.8 Å². The molecule has 0 aliphatic heterocycles. The maximum Gasteiger partial charge on any atom is 0.0665 e. The molecule has 0 bridgehead atoms. The second-order valence-corrected chi connectivity index (χ2v) is 4.55. The average molecular weight is 196 g/mol. The summed E-state index contributed by atoms with van der Waals surface area (Å²) >= 11 is 0. The van der Waals surface area contributed by atoms with Gasteiger partial charge in [-0.25, -0.2) is 0 Å². The summed E-state index contributed by atoms with van der Waals surface area (Å²) in [5, 5.41) is 10.2. The highest BCUT2D eigenvalue weighted by atomic mass is 14.7. The number of hydrogen-bond acceptors (Lipinski definition) is 1. The van der Waals surface area contributed by atoms with Crippen molar-refractivity contribution in [3.8, 4) is 6.07 Å². The number of rotatable bonds is 1.